The van der Waals surface area contributed by atoms with Crippen LogP contribution < -0.4 is 10.6 Å². The number of rotatable bonds is 2. The van der Waals surface area contributed by atoms with Crippen molar-refractivity contribution in [3.63, 3.8) is 0 Å². The molecular formula is C40H32N2O2. The van der Waals surface area contributed by atoms with Gasteiger partial charge in [0.05, 0.1) is 12.1 Å². The summed E-state index contributed by atoms with van der Waals surface area (Å²) in [6.45, 7) is 0. The monoisotopic (exact) mass is 572 g/mol. The molecule has 2 atom stereocenters. The zero-order valence-electron chi connectivity index (χ0n) is 24.5. The van der Waals surface area contributed by atoms with Crippen LogP contribution in [0, 0.1) is 0 Å². The molecule has 0 radical (unpaired) electrons. The van der Waals surface area contributed by atoms with E-state index in [1.807, 2.05) is 0 Å². The summed E-state index contributed by atoms with van der Waals surface area (Å²) in [4.78, 5) is 27.0. The van der Waals surface area contributed by atoms with Crippen LogP contribution in [0.15, 0.2) is 108 Å². The Bertz CT molecular complexity index is 1970. The molecule has 4 heteroatoms. The second-order valence-corrected chi connectivity index (χ2v) is 12.6. The van der Waals surface area contributed by atoms with Gasteiger partial charge in [-0.15, -0.1) is 0 Å². The fourth-order valence-electron chi connectivity index (χ4n) is 8.19. The van der Waals surface area contributed by atoms with Crippen molar-refractivity contribution >= 4 is 55.6 Å². The van der Waals surface area contributed by atoms with Crippen molar-refractivity contribution in [2.24, 2.45) is 0 Å². The zero-order chi connectivity index (χ0) is 29.4. The predicted molar refractivity (Wildman–Crippen MR) is 179 cm³/mol. The third-order valence-electron chi connectivity index (χ3n) is 10.2. The van der Waals surface area contributed by atoms with Gasteiger partial charge in [0.1, 0.15) is 0 Å². The van der Waals surface area contributed by atoms with Crippen LogP contribution in [0.3, 0.4) is 0 Å². The Kier molecular flexibility index (Phi) is 5.68. The van der Waals surface area contributed by atoms with Gasteiger partial charge in [-0.3, -0.25) is 9.59 Å². The van der Waals surface area contributed by atoms with Gasteiger partial charge in [0.2, 0.25) is 0 Å². The molecule has 2 aliphatic carbocycles. The molecule has 2 heterocycles. The Morgan fingerprint density at radius 3 is 1.36 bits per heavy atom. The lowest BCUT2D eigenvalue weighted by Crippen LogP contribution is -2.28. The number of hydrogen-bond acceptors (Lipinski definition) is 4. The Morgan fingerprint density at radius 1 is 0.477 bits per heavy atom. The lowest BCUT2D eigenvalue weighted by Gasteiger charge is -2.36. The van der Waals surface area contributed by atoms with Crippen molar-refractivity contribution in [3.8, 4) is 0 Å². The molecule has 0 unspecified atom stereocenters. The van der Waals surface area contributed by atoms with Gasteiger partial charge >= 0.3 is 0 Å². The maximum atomic E-state index is 13.5. The molecule has 0 bridgehead atoms. The van der Waals surface area contributed by atoms with E-state index in [1.54, 1.807) is 0 Å². The highest BCUT2D eigenvalue weighted by Crippen LogP contribution is 2.50. The first-order chi connectivity index (χ1) is 21.7. The maximum absolute atomic E-state index is 13.5. The number of carbonyl (C=O) groups excluding carboxylic acids is 2. The standard InChI is InChI=1S/C40H32N2O2/c43-33-13-5-11-29-35-27-9-3-1-7-23(27)19-21-31(35)41-39(37(29)33)25-15-17-26(18-16-25)40-38-30(12-6-14-34(38)44)36-28-10-4-2-8-24(28)20-22-32(36)42-40/h1-4,7-10,15-22,39-42H,5-6,11-14H2/t39-,40+. The third kappa shape index (κ3) is 3.77. The van der Waals surface area contributed by atoms with Gasteiger partial charge in [-0.05, 0) is 81.6 Å². The number of ketones is 2. The number of benzene rings is 5. The summed E-state index contributed by atoms with van der Waals surface area (Å²) in [6.07, 6.45) is 4.79. The molecule has 0 saturated carbocycles. The first kappa shape index (κ1) is 25.5. The van der Waals surface area contributed by atoms with Gasteiger partial charge in [0.25, 0.3) is 0 Å². The molecule has 5 aromatic carbocycles. The second-order valence-electron chi connectivity index (χ2n) is 12.6. The van der Waals surface area contributed by atoms with Crippen molar-refractivity contribution in [2.45, 2.75) is 50.6 Å². The molecule has 4 nitrogen and oxygen atoms in total. The van der Waals surface area contributed by atoms with Crippen LogP contribution >= 0.6 is 0 Å². The molecule has 9 rings (SSSR count). The molecule has 5 aromatic rings. The molecule has 0 fully saturated rings. The topological polar surface area (TPSA) is 58.2 Å². The van der Waals surface area contributed by atoms with Gasteiger partial charge in [0, 0.05) is 46.5 Å². The third-order valence-corrected chi connectivity index (χ3v) is 10.2. The van der Waals surface area contributed by atoms with Gasteiger partial charge in [-0.25, -0.2) is 0 Å². The van der Waals surface area contributed by atoms with E-state index in [2.05, 4.69) is 108 Å². The van der Waals surface area contributed by atoms with Crippen LogP contribution in [0.4, 0.5) is 11.4 Å². The minimum Gasteiger partial charge on any atom is -0.373 e. The SMILES string of the molecule is O=C1CCCC2=C1[C@H](c1ccc([C@H]3Nc4ccc5ccccc5c4C4=C3C(=O)CCC4)cc1)Nc1ccc3ccccc3c12. The lowest BCUT2D eigenvalue weighted by molar-refractivity contribution is -0.116. The summed E-state index contributed by atoms with van der Waals surface area (Å²) in [6, 6.07) is 33.8. The minimum absolute atomic E-state index is 0.196. The number of anilines is 2. The van der Waals surface area contributed by atoms with E-state index >= 15 is 0 Å². The van der Waals surface area contributed by atoms with Crippen molar-refractivity contribution in [3.05, 3.63) is 130 Å². The number of hydrogen-bond donors (Lipinski definition) is 2. The Morgan fingerprint density at radius 2 is 0.909 bits per heavy atom. The highest BCUT2D eigenvalue weighted by atomic mass is 16.1. The highest BCUT2D eigenvalue weighted by Gasteiger charge is 2.37. The fraction of sp³-hybridized carbons (Fsp3) is 0.200. The average Bonchev–Trinajstić information content (AvgIpc) is 3.07. The maximum Gasteiger partial charge on any atom is 0.161 e. The molecule has 0 spiro atoms. The predicted octanol–water partition coefficient (Wildman–Crippen LogP) is 9.34. The number of nitrogens with one attached hydrogen (secondary N) is 2. The number of Topliss-reactive ketones (excluding diaryl/α,β-unsaturated/α-hetero) is 2. The minimum atomic E-state index is -0.196. The van der Waals surface area contributed by atoms with E-state index in [9.17, 15) is 9.59 Å². The van der Waals surface area contributed by atoms with Gasteiger partial charge < -0.3 is 10.6 Å². The molecule has 4 aliphatic rings. The van der Waals surface area contributed by atoms with E-state index in [4.69, 9.17) is 0 Å². The molecule has 0 amide bonds. The molecule has 0 saturated heterocycles. The van der Waals surface area contributed by atoms with E-state index in [-0.39, 0.29) is 23.7 Å². The Balaban J connectivity index is 1.13. The van der Waals surface area contributed by atoms with E-state index in [0.29, 0.717) is 12.8 Å². The van der Waals surface area contributed by atoms with Crippen molar-refractivity contribution in [2.75, 3.05) is 10.6 Å². The van der Waals surface area contributed by atoms with Crippen LogP contribution in [0.2, 0.25) is 0 Å². The fourth-order valence-corrected chi connectivity index (χ4v) is 8.19. The quantitative estimate of drug-likeness (QED) is 0.221. The van der Waals surface area contributed by atoms with Crippen LogP contribution in [-0.4, -0.2) is 11.6 Å². The van der Waals surface area contributed by atoms with E-state index in [0.717, 1.165) is 59.3 Å². The normalized spacial score (nSPS) is 20.9. The molecule has 2 aliphatic heterocycles. The van der Waals surface area contributed by atoms with Gasteiger partial charge in [-0.2, -0.15) is 0 Å². The largest absolute Gasteiger partial charge is 0.373 e. The highest BCUT2D eigenvalue weighted by molar-refractivity contribution is 6.13. The van der Waals surface area contributed by atoms with Crippen LogP contribution in [0.1, 0.15) is 72.9 Å². The number of carbonyl (C=O) groups is 2. The van der Waals surface area contributed by atoms with Crippen LogP contribution in [0.5, 0.6) is 0 Å². The van der Waals surface area contributed by atoms with Crippen molar-refractivity contribution < 1.29 is 9.59 Å². The van der Waals surface area contributed by atoms with E-state index < -0.39 is 0 Å². The summed E-state index contributed by atoms with van der Waals surface area (Å²) >= 11 is 0. The summed E-state index contributed by atoms with van der Waals surface area (Å²) in [7, 11) is 0. The van der Waals surface area contributed by atoms with Gasteiger partial charge in [-0.1, -0.05) is 84.9 Å². The molecule has 2 N–H and O–H groups in total. The Labute approximate surface area is 256 Å². The van der Waals surface area contributed by atoms with Gasteiger partial charge in [0.15, 0.2) is 11.6 Å². The first-order valence-corrected chi connectivity index (χ1v) is 15.9. The second kappa shape index (κ2) is 9.78. The Hall–Kier alpha value is -4.96. The molecule has 214 valence electrons. The molecule has 44 heavy (non-hydrogen) atoms. The molecule has 0 aromatic heterocycles. The lowest BCUT2D eigenvalue weighted by atomic mass is 9.75. The summed E-state index contributed by atoms with van der Waals surface area (Å²) in [5.41, 5.74) is 10.9. The average molecular weight is 573 g/mol. The van der Waals surface area contributed by atoms with Crippen LogP contribution in [0.25, 0.3) is 32.7 Å². The summed E-state index contributed by atoms with van der Waals surface area (Å²) < 4.78 is 0. The van der Waals surface area contributed by atoms with Crippen LogP contribution in [-0.2, 0) is 9.59 Å². The molecular weight excluding hydrogens is 540 g/mol. The van der Waals surface area contributed by atoms with E-state index in [1.165, 1.54) is 43.8 Å². The summed E-state index contributed by atoms with van der Waals surface area (Å²) in [5, 5.41) is 12.3. The zero-order valence-corrected chi connectivity index (χ0v) is 24.5. The van der Waals surface area contributed by atoms with Crippen molar-refractivity contribution in [1.82, 2.24) is 0 Å². The summed E-state index contributed by atoms with van der Waals surface area (Å²) in [5.74, 6) is 0.485. The van der Waals surface area contributed by atoms with Crippen molar-refractivity contribution in [1.29, 1.82) is 0 Å². The first-order valence-electron chi connectivity index (χ1n) is 15.9. The number of allylic oxidation sites excluding steroid dienone is 2. The smallest absolute Gasteiger partial charge is 0.161 e. The number of fused-ring (bicyclic) bond motifs is 8.